The summed E-state index contributed by atoms with van der Waals surface area (Å²) in [4.78, 5) is 45.9. The summed E-state index contributed by atoms with van der Waals surface area (Å²) in [5.41, 5.74) is 3.11. The molecule has 244 valence electrons. The monoisotopic (exact) mass is 628 g/mol. The minimum Gasteiger partial charge on any atom is -0.478 e. The second-order valence-corrected chi connectivity index (χ2v) is 13.3. The van der Waals surface area contributed by atoms with Gasteiger partial charge in [-0.15, -0.1) is 0 Å². The number of carboxylic acid groups (broad SMARTS) is 1. The third kappa shape index (κ3) is 7.46. The smallest absolute Gasteiger partial charge is 0.407 e. The van der Waals surface area contributed by atoms with Gasteiger partial charge >= 0.3 is 6.09 Å². The highest BCUT2D eigenvalue weighted by Gasteiger charge is 2.37. The van der Waals surface area contributed by atoms with Crippen molar-refractivity contribution in [3.8, 4) is 16.9 Å². The van der Waals surface area contributed by atoms with Crippen LogP contribution in [0.2, 0.25) is 0 Å². The number of carbonyl (C=O) groups is 3. The summed E-state index contributed by atoms with van der Waals surface area (Å²) >= 11 is 0. The molecule has 46 heavy (non-hydrogen) atoms. The first kappa shape index (κ1) is 31.4. The average Bonchev–Trinajstić information content (AvgIpc) is 3.72. The van der Waals surface area contributed by atoms with Crippen LogP contribution in [0.4, 0.5) is 10.5 Å². The minimum atomic E-state index is -1.12. The molecule has 1 atom stereocenters. The number of rotatable bonds is 10. The number of aromatic amines is 1. The molecule has 0 spiro atoms. The zero-order chi connectivity index (χ0) is 32.3. The standard InChI is InChI=1S/C35H44N6O5/c1-35(2,33(43)38-15-17-39(18-16-38)34(44)45)46-31-7-3-6-30(19-31)40-14-4-5-28(24-40)32(42)41(22-25-8-9-25)23-26-10-12-27(13-11-26)29-20-36-37-21-29/h3,6-7,10-13,19-21,25,28H,4-5,8-9,14-18,22-24H2,1-2H3,(H,36,37)(H,44,45)/t28-/m1/s1. The van der Waals surface area contributed by atoms with Gasteiger partial charge in [-0.2, -0.15) is 5.10 Å². The first-order valence-corrected chi connectivity index (χ1v) is 16.3. The van der Waals surface area contributed by atoms with E-state index in [9.17, 15) is 19.5 Å². The Labute approximate surface area is 270 Å². The lowest BCUT2D eigenvalue weighted by Crippen LogP contribution is -2.56. The predicted molar refractivity (Wildman–Crippen MR) is 174 cm³/mol. The summed E-state index contributed by atoms with van der Waals surface area (Å²) in [5, 5.41) is 16.1. The van der Waals surface area contributed by atoms with Crippen LogP contribution in [0.3, 0.4) is 0 Å². The lowest BCUT2D eigenvalue weighted by molar-refractivity contribution is -0.147. The zero-order valence-electron chi connectivity index (χ0n) is 26.7. The van der Waals surface area contributed by atoms with E-state index < -0.39 is 11.7 Å². The van der Waals surface area contributed by atoms with Crippen LogP contribution < -0.4 is 9.64 Å². The molecule has 1 aliphatic carbocycles. The second-order valence-electron chi connectivity index (χ2n) is 13.3. The minimum absolute atomic E-state index is 0.0928. The van der Waals surface area contributed by atoms with Crippen LogP contribution in [0.15, 0.2) is 60.9 Å². The summed E-state index contributed by atoms with van der Waals surface area (Å²) in [5.74, 6) is 1.14. The zero-order valence-corrected chi connectivity index (χ0v) is 26.7. The van der Waals surface area contributed by atoms with E-state index in [0.29, 0.717) is 37.8 Å². The highest BCUT2D eigenvalue weighted by molar-refractivity contribution is 5.85. The normalized spacial score (nSPS) is 18.7. The molecule has 1 aromatic heterocycles. The maximum atomic E-state index is 14.0. The number of nitrogens with zero attached hydrogens (tertiary/aromatic N) is 5. The third-order valence-corrected chi connectivity index (χ3v) is 9.32. The summed E-state index contributed by atoms with van der Waals surface area (Å²) in [6.45, 7) is 7.66. The van der Waals surface area contributed by atoms with E-state index in [2.05, 4.69) is 44.3 Å². The van der Waals surface area contributed by atoms with E-state index in [0.717, 1.165) is 48.3 Å². The predicted octanol–water partition coefficient (Wildman–Crippen LogP) is 4.71. The summed E-state index contributed by atoms with van der Waals surface area (Å²) in [6, 6.07) is 16.2. The number of H-pyrrole nitrogens is 1. The van der Waals surface area contributed by atoms with Crippen LogP contribution >= 0.6 is 0 Å². The average molecular weight is 629 g/mol. The second kappa shape index (κ2) is 13.4. The lowest BCUT2D eigenvalue weighted by Gasteiger charge is -2.38. The van der Waals surface area contributed by atoms with Gasteiger partial charge in [0.1, 0.15) is 5.75 Å². The van der Waals surface area contributed by atoms with Crippen molar-refractivity contribution >= 4 is 23.6 Å². The Morgan fingerprint density at radius 3 is 2.39 bits per heavy atom. The van der Waals surface area contributed by atoms with Crippen LogP contribution in [0.5, 0.6) is 5.75 Å². The fraction of sp³-hybridized carbons (Fsp3) is 0.486. The molecule has 2 aliphatic heterocycles. The maximum Gasteiger partial charge on any atom is 0.407 e. The number of carbonyl (C=O) groups excluding carboxylic acids is 2. The molecule has 11 heteroatoms. The Bertz CT molecular complexity index is 1510. The Morgan fingerprint density at radius 2 is 1.72 bits per heavy atom. The lowest BCUT2D eigenvalue weighted by atomic mass is 9.95. The first-order valence-electron chi connectivity index (χ1n) is 16.3. The summed E-state index contributed by atoms with van der Waals surface area (Å²) < 4.78 is 6.26. The quantitative estimate of drug-likeness (QED) is 0.334. The number of amides is 3. The molecule has 3 aromatic rings. The van der Waals surface area contributed by atoms with E-state index in [1.54, 1.807) is 18.7 Å². The van der Waals surface area contributed by atoms with E-state index in [4.69, 9.17) is 4.74 Å². The van der Waals surface area contributed by atoms with Gasteiger partial charge in [-0.05, 0) is 68.7 Å². The number of ether oxygens (including phenoxy) is 1. The van der Waals surface area contributed by atoms with Crippen LogP contribution in [0, 0.1) is 11.8 Å². The van der Waals surface area contributed by atoms with Gasteiger partial charge in [0.05, 0.1) is 12.1 Å². The van der Waals surface area contributed by atoms with Gasteiger partial charge in [-0.1, -0.05) is 30.3 Å². The molecule has 2 saturated heterocycles. The molecule has 1 saturated carbocycles. The molecule has 0 unspecified atom stereocenters. The van der Waals surface area contributed by atoms with Crippen LogP contribution in [0.1, 0.15) is 45.1 Å². The third-order valence-electron chi connectivity index (χ3n) is 9.32. The largest absolute Gasteiger partial charge is 0.478 e. The Kier molecular flexibility index (Phi) is 9.19. The molecule has 2 aromatic carbocycles. The molecule has 11 nitrogen and oxygen atoms in total. The van der Waals surface area contributed by atoms with Gasteiger partial charge in [0.15, 0.2) is 5.60 Å². The number of aromatic nitrogens is 2. The molecular formula is C35H44N6O5. The molecule has 3 aliphatic rings. The van der Waals surface area contributed by atoms with Crippen molar-refractivity contribution in [2.24, 2.45) is 11.8 Å². The Hall–Kier alpha value is -4.54. The molecule has 0 bridgehead atoms. The van der Waals surface area contributed by atoms with E-state index in [1.165, 1.54) is 17.7 Å². The maximum absolute atomic E-state index is 14.0. The number of anilines is 1. The topological polar surface area (TPSA) is 122 Å². The molecule has 0 radical (unpaired) electrons. The number of piperazine rings is 1. The van der Waals surface area contributed by atoms with Crippen LogP contribution in [0.25, 0.3) is 11.1 Å². The van der Waals surface area contributed by atoms with E-state index in [-0.39, 0.29) is 30.8 Å². The number of benzene rings is 2. The van der Waals surface area contributed by atoms with Crippen molar-refractivity contribution in [3.63, 3.8) is 0 Å². The van der Waals surface area contributed by atoms with Gasteiger partial charge in [0, 0.05) is 75.9 Å². The van der Waals surface area contributed by atoms with Crippen LogP contribution in [-0.2, 0) is 16.1 Å². The van der Waals surface area contributed by atoms with Crippen molar-refractivity contribution in [2.45, 2.75) is 51.7 Å². The Balaban J connectivity index is 1.09. The highest BCUT2D eigenvalue weighted by Crippen LogP contribution is 2.33. The summed E-state index contributed by atoms with van der Waals surface area (Å²) in [7, 11) is 0. The number of hydrogen-bond acceptors (Lipinski definition) is 6. The van der Waals surface area contributed by atoms with Crippen molar-refractivity contribution in [1.29, 1.82) is 0 Å². The van der Waals surface area contributed by atoms with Gasteiger partial charge in [-0.3, -0.25) is 14.7 Å². The molecule has 3 amide bonds. The molecule has 3 heterocycles. The van der Waals surface area contributed by atoms with Crippen molar-refractivity contribution in [2.75, 3.05) is 50.7 Å². The Morgan fingerprint density at radius 1 is 0.978 bits per heavy atom. The van der Waals surface area contributed by atoms with E-state index >= 15 is 0 Å². The number of nitrogens with one attached hydrogen (secondary N) is 1. The summed E-state index contributed by atoms with van der Waals surface area (Å²) in [6.07, 6.45) is 6.88. The van der Waals surface area contributed by atoms with Crippen LogP contribution in [-0.4, -0.2) is 99.3 Å². The molecule has 6 rings (SSSR count). The van der Waals surface area contributed by atoms with Gasteiger partial charge in [0.2, 0.25) is 5.91 Å². The van der Waals surface area contributed by atoms with Gasteiger partial charge in [0.25, 0.3) is 5.91 Å². The van der Waals surface area contributed by atoms with Crippen molar-refractivity contribution in [3.05, 3.63) is 66.5 Å². The van der Waals surface area contributed by atoms with Crippen molar-refractivity contribution in [1.82, 2.24) is 24.9 Å². The van der Waals surface area contributed by atoms with E-state index in [1.807, 2.05) is 36.7 Å². The van der Waals surface area contributed by atoms with Gasteiger partial charge < -0.3 is 29.4 Å². The fourth-order valence-electron chi connectivity index (χ4n) is 6.51. The highest BCUT2D eigenvalue weighted by atomic mass is 16.5. The van der Waals surface area contributed by atoms with Crippen molar-refractivity contribution < 1.29 is 24.2 Å². The number of hydrogen-bond donors (Lipinski definition) is 2. The molecule has 2 N–H and O–H groups in total. The first-order chi connectivity index (χ1) is 22.2. The molecule has 3 fully saturated rings. The SMILES string of the molecule is CC(C)(Oc1cccc(N2CCC[C@@H](C(=O)N(Cc3ccc(-c4cn[nH]c4)cc3)CC3CC3)C2)c1)C(=O)N1CCN(C(=O)O)CC1. The van der Waals surface area contributed by atoms with Gasteiger partial charge in [-0.25, -0.2) is 4.79 Å². The number of piperidine rings is 1. The fourth-order valence-corrected chi connectivity index (χ4v) is 6.51. The molecular weight excluding hydrogens is 584 g/mol.